The Hall–Kier alpha value is 0.0900. The standard InChI is InChI=1S/C9H12BrOP/c1-6(5-11)7-2-3-9(12)8(10)4-7/h2-4,6,11H,5,12H2,1H3. The molecule has 3 heteroatoms. The van der Waals surface area contributed by atoms with Crippen LogP contribution in [0.15, 0.2) is 22.7 Å². The lowest BCUT2D eigenvalue weighted by Crippen LogP contribution is -2.01. The van der Waals surface area contributed by atoms with Gasteiger partial charge in [-0.1, -0.05) is 35.0 Å². The maximum Gasteiger partial charge on any atom is 0.0497 e. The summed E-state index contributed by atoms with van der Waals surface area (Å²) in [4.78, 5) is 0. The van der Waals surface area contributed by atoms with Crippen LogP contribution in [0.4, 0.5) is 0 Å². The summed E-state index contributed by atoms with van der Waals surface area (Å²) in [7, 11) is 2.65. The van der Waals surface area contributed by atoms with Gasteiger partial charge in [-0.15, -0.1) is 9.24 Å². The average Bonchev–Trinajstić information content (AvgIpc) is 2.08. The van der Waals surface area contributed by atoms with Crippen molar-refractivity contribution in [2.75, 3.05) is 6.61 Å². The molecular formula is C9H12BrOP. The highest BCUT2D eigenvalue weighted by Gasteiger charge is 2.04. The second kappa shape index (κ2) is 4.36. The van der Waals surface area contributed by atoms with Crippen molar-refractivity contribution in [2.45, 2.75) is 12.8 Å². The fourth-order valence-corrected chi connectivity index (χ4v) is 1.53. The van der Waals surface area contributed by atoms with Gasteiger partial charge in [0.15, 0.2) is 0 Å². The minimum atomic E-state index is 0.197. The van der Waals surface area contributed by atoms with Gasteiger partial charge < -0.3 is 5.11 Å². The van der Waals surface area contributed by atoms with Crippen LogP contribution in [0.25, 0.3) is 0 Å². The fourth-order valence-electron chi connectivity index (χ4n) is 0.955. The molecular weight excluding hydrogens is 235 g/mol. The van der Waals surface area contributed by atoms with Gasteiger partial charge in [-0.3, -0.25) is 0 Å². The average molecular weight is 247 g/mol. The molecule has 1 nitrogen and oxygen atoms in total. The van der Waals surface area contributed by atoms with Crippen LogP contribution in [0.2, 0.25) is 0 Å². The molecule has 0 radical (unpaired) electrons. The first-order valence-electron chi connectivity index (χ1n) is 3.81. The smallest absolute Gasteiger partial charge is 0.0497 e. The molecule has 12 heavy (non-hydrogen) atoms. The van der Waals surface area contributed by atoms with Crippen molar-refractivity contribution in [1.82, 2.24) is 0 Å². The van der Waals surface area contributed by atoms with Gasteiger partial charge in [0, 0.05) is 17.0 Å². The number of aliphatic hydroxyl groups is 1. The first-order chi connectivity index (χ1) is 5.65. The molecule has 0 aliphatic carbocycles. The van der Waals surface area contributed by atoms with Crippen LogP contribution in [0.3, 0.4) is 0 Å². The molecule has 0 saturated heterocycles. The minimum Gasteiger partial charge on any atom is -0.396 e. The third kappa shape index (κ3) is 2.29. The quantitative estimate of drug-likeness (QED) is 0.793. The molecule has 2 atom stereocenters. The van der Waals surface area contributed by atoms with Crippen molar-refractivity contribution < 1.29 is 5.11 Å². The number of aliphatic hydroxyl groups excluding tert-OH is 1. The number of halogens is 1. The molecule has 2 unspecified atom stereocenters. The Balaban J connectivity index is 2.96. The first kappa shape index (κ1) is 10.2. The van der Waals surface area contributed by atoms with Crippen LogP contribution in [0.5, 0.6) is 0 Å². The van der Waals surface area contributed by atoms with Crippen LogP contribution in [-0.2, 0) is 0 Å². The minimum absolute atomic E-state index is 0.197. The maximum atomic E-state index is 8.93. The molecule has 0 aliphatic rings. The third-order valence-corrected chi connectivity index (χ3v) is 3.48. The highest BCUT2D eigenvalue weighted by Crippen LogP contribution is 2.19. The molecule has 1 N–H and O–H groups in total. The van der Waals surface area contributed by atoms with Crippen LogP contribution in [0, 0.1) is 0 Å². The first-order valence-corrected chi connectivity index (χ1v) is 5.18. The van der Waals surface area contributed by atoms with E-state index < -0.39 is 0 Å². The normalized spacial score (nSPS) is 13.0. The van der Waals surface area contributed by atoms with Crippen LogP contribution in [-0.4, -0.2) is 11.7 Å². The van der Waals surface area contributed by atoms with Gasteiger partial charge in [-0.05, 0) is 16.9 Å². The predicted molar refractivity (Wildman–Crippen MR) is 59.0 cm³/mol. The third-order valence-electron chi connectivity index (χ3n) is 1.87. The highest BCUT2D eigenvalue weighted by atomic mass is 79.9. The van der Waals surface area contributed by atoms with Crippen molar-refractivity contribution in [3.05, 3.63) is 28.2 Å². The van der Waals surface area contributed by atoms with Crippen LogP contribution >= 0.6 is 25.2 Å². The Kier molecular flexibility index (Phi) is 3.70. The van der Waals surface area contributed by atoms with E-state index in [1.807, 2.05) is 25.1 Å². The van der Waals surface area contributed by atoms with E-state index in [0.29, 0.717) is 0 Å². The molecule has 1 rings (SSSR count). The zero-order valence-electron chi connectivity index (χ0n) is 6.92. The largest absolute Gasteiger partial charge is 0.396 e. The summed E-state index contributed by atoms with van der Waals surface area (Å²) in [5.41, 5.74) is 1.16. The molecule has 0 aliphatic heterocycles. The molecule has 66 valence electrons. The Morgan fingerprint density at radius 3 is 2.75 bits per heavy atom. The van der Waals surface area contributed by atoms with Gasteiger partial charge in [0.25, 0.3) is 0 Å². The predicted octanol–water partition coefficient (Wildman–Crippen LogP) is 2.05. The van der Waals surface area contributed by atoms with Crippen molar-refractivity contribution in [2.24, 2.45) is 0 Å². The molecule has 0 saturated carbocycles. The van der Waals surface area contributed by atoms with E-state index in [1.165, 1.54) is 0 Å². The monoisotopic (exact) mass is 246 g/mol. The van der Waals surface area contributed by atoms with E-state index >= 15 is 0 Å². The molecule has 0 spiro atoms. The second-order valence-corrected chi connectivity index (χ2v) is 4.34. The lowest BCUT2D eigenvalue weighted by molar-refractivity contribution is 0.273. The van der Waals surface area contributed by atoms with Crippen LogP contribution < -0.4 is 5.30 Å². The maximum absolute atomic E-state index is 8.93. The summed E-state index contributed by atoms with van der Waals surface area (Å²) < 4.78 is 1.07. The Bertz CT molecular complexity index is 275. The zero-order chi connectivity index (χ0) is 9.14. The summed E-state index contributed by atoms with van der Waals surface area (Å²) in [6, 6.07) is 6.10. The Labute approximate surface area is 83.5 Å². The van der Waals surface area contributed by atoms with Crippen molar-refractivity contribution in [3.63, 3.8) is 0 Å². The van der Waals surface area contributed by atoms with E-state index in [4.69, 9.17) is 5.11 Å². The molecule has 1 aromatic carbocycles. The topological polar surface area (TPSA) is 20.2 Å². The molecule has 0 bridgehead atoms. The molecule has 0 aromatic heterocycles. The van der Waals surface area contributed by atoms with Crippen LogP contribution in [0.1, 0.15) is 18.4 Å². The Morgan fingerprint density at radius 2 is 2.25 bits per heavy atom. The van der Waals surface area contributed by atoms with Gasteiger partial charge >= 0.3 is 0 Å². The SMILES string of the molecule is CC(CO)c1ccc(P)c(Br)c1. The summed E-state index contributed by atoms with van der Waals surface area (Å²) in [6.07, 6.45) is 0. The van der Waals surface area contributed by atoms with Crippen molar-refractivity contribution >= 4 is 30.5 Å². The summed E-state index contributed by atoms with van der Waals surface area (Å²) in [5, 5.41) is 10.1. The van der Waals surface area contributed by atoms with Gasteiger partial charge in [-0.25, -0.2) is 0 Å². The lowest BCUT2D eigenvalue weighted by Gasteiger charge is -2.09. The van der Waals surface area contributed by atoms with E-state index in [2.05, 4.69) is 25.2 Å². The highest BCUT2D eigenvalue weighted by molar-refractivity contribution is 9.10. The van der Waals surface area contributed by atoms with Gasteiger partial charge in [0.1, 0.15) is 0 Å². The molecule has 0 heterocycles. The summed E-state index contributed by atoms with van der Waals surface area (Å²) in [6.45, 7) is 2.20. The lowest BCUT2D eigenvalue weighted by atomic mass is 10.0. The summed E-state index contributed by atoms with van der Waals surface area (Å²) >= 11 is 3.44. The number of benzene rings is 1. The van der Waals surface area contributed by atoms with Gasteiger partial charge in [-0.2, -0.15) is 0 Å². The summed E-state index contributed by atoms with van der Waals surface area (Å²) in [5.74, 6) is 0.215. The number of hydrogen-bond acceptors (Lipinski definition) is 1. The van der Waals surface area contributed by atoms with E-state index in [1.54, 1.807) is 0 Å². The van der Waals surface area contributed by atoms with E-state index in [0.717, 1.165) is 15.3 Å². The number of rotatable bonds is 2. The molecule has 0 amide bonds. The second-order valence-electron chi connectivity index (χ2n) is 2.86. The zero-order valence-corrected chi connectivity index (χ0v) is 9.66. The van der Waals surface area contributed by atoms with E-state index in [9.17, 15) is 0 Å². The van der Waals surface area contributed by atoms with Gasteiger partial charge in [0.2, 0.25) is 0 Å². The molecule has 0 fully saturated rings. The Morgan fingerprint density at radius 1 is 1.58 bits per heavy atom. The fraction of sp³-hybridized carbons (Fsp3) is 0.333. The van der Waals surface area contributed by atoms with E-state index in [-0.39, 0.29) is 12.5 Å². The molecule has 1 aromatic rings. The van der Waals surface area contributed by atoms with Crippen molar-refractivity contribution in [3.8, 4) is 0 Å². The van der Waals surface area contributed by atoms with Crippen molar-refractivity contribution in [1.29, 1.82) is 0 Å². The number of hydrogen-bond donors (Lipinski definition) is 1. The van der Waals surface area contributed by atoms with Gasteiger partial charge in [0.05, 0.1) is 0 Å².